The van der Waals surface area contributed by atoms with Gasteiger partial charge >= 0.3 is 0 Å². The Morgan fingerprint density at radius 2 is 1.73 bits per heavy atom. The lowest BCUT2D eigenvalue weighted by atomic mass is 10.1. The predicted molar refractivity (Wildman–Crippen MR) is 130 cm³/mol. The molecule has 2 fully saturated rings. The molecule has 8 heteroatoms. The van der Waals surface area contributed by atoms with Crippen LogP contribution >= 0.6 is 11.6 Å². The second-order valence-corrected chi connectivity index (χ2v) is 9.18. The van der Waals surface area contributed by atoms with E-state index < -0.39 is 0 Å². The average molecular weight is 469 g/mol. The molecule has 0 aliphatic carbocycles. The number of amides is 3. The molecule has 1 atom stereocenters. The minimum absolute atomic E-state index is 0.0342. The molecule has 1 N–H and O–H groups in total. The number of hydrogen-bond donors (Lipinski definition) is 1. The quantitative estimate of drug-likeness (QED) is 0.677. The van der Waals surface area contributed by atoms with Gasteiger partial charge in [0.05, 0.1) is 6.54 Å². The maximum atomic E-state index is 12.6. The van der Waals surface area contributed by atoms with Crippen LogP contribution in [0.25, 0.3) is 0 Å². The van der Waals surface area contributed by atoms with Gasteiger partial charge < -0.3 is 15.1 Å². The summed E-state index contributed by atoms with van der Waals surface area (Å²) in [5.41, 5.74) is 2.15. The Morgan fingerprint density at radius 3 is 2.39 bits per heavy atom. The molecule has 2 aliphatic rings. The van der Waals surface area contributed by atoms with E-state index in [0.717, 1.165) is 37.3 Å². The molecule has 7 nitrogen and oxygen atoms in total. The van der Waals surface area contributed by atoms with Gasteiger partial charge in [-0.25, -0.2) is 0 Å². The van der Waals surface area contributed by atoms with Crippen molar-refractivity contribution >= 4 is 40.7 Å². The van der Waals surface area contributed by atoms with Crippen molar-refractivity contribution in [2.75, 3.05) is 49.6 Å². The Labute approximate surface area is 199 Å². The highest BCUT2D eigenvalue weighted by atomic mass is 35.5. The number of nitrogens with zero attached hydrogens (tertiary/aromatic N) is 3. The van der Waals surface area contributed by atoms with Crippen LogP contribution in [0.3, 0.4) is 0 Å². The zero-order chi connectivity index (χ0) is 23.4. The number of halogens is 1. The molecular weight excluding hydrogens is 440 g/mol. The highest BCUT2D eigenvalue weighted by molar-refractivity contribution is 6.30. The molecule has 3 amide bonds. The topological polar surface area (TPSA) is 73.0 Å². The number of likely N-dealkylation sites (tertiary alicyclic amines) is 1. The molecular formula is C25H29ClN4O3. The number of benzene rings is 2. The average Bonchev–Trinajstić information content (AvgIpc) is 3.47. The highest BCUT2D eigenvalue weighted by Crippen LogP contribution is 2.27. The van der Waals surface area contributed by atoms with Crippen LogP contribution in [0.2, 0.25) is 5.02 Å². The van der Waals surface area contributed by atoms with Crippen LogP contribution in [0, 0.1) is 5.92 Å². The fourth-order valence-electron chi connectivity index (χ4n) is 4.35. The van der Waals surface area contributed by atoms with E-state index in [1.807, 2.05) is 24.3 Å². The number of anilines is 2. The van der Waals surface area contributed by atoms with E-state index in [2.05, 4.69) is 10.2 Å². The van der Waals surface area contributed by atoms with E-state index in [9.17, 15) is 14.4 Å². The fraction of sp³-hybridized carbons (Fsp3) is 0.400. The zero-order valence-corrected chi connectivity index (χ0v) is 19.6. The minimum atomic E-state index is -0.177. The first kappa shape index (κ1) is 23.3. The van der Waals surface area contributed by atoms with Crippen LogP contribution in [-0.4, -0.2) is 62.4 Å². The van der Waals surface area contributed by atoms with Gasteiger partial charge in [-0.15, -0.1) is 0 Å². The van der Waals surface area contributed by atoms with Gasteiger partial charge in [0.15, 0.2) is 0 Å². The molecule has 0 spiro atoms. The van der Waals surface area contributed by atoms with Gasteiger partial charge in [0.2, 0.25) is 11.8 Å². The second-order valence-electron chi connectivity index (χ2n) is 8.74. The minimum Gasteiger partial charge on any atom is -0.352 e. The SMILES string of the molecule is CN(C(=O)CN1CCCC1)c1ccc(N2CC(CNC(=O)c3ccc(Cl)cc3)CC2=O)cc1. The summed E-state index contributed by atoms with van der Waals surface area (Å²) in [4.78, 5) is 43.1. The van der Waals surface area contributed by atoms with Gasteiger partial charge in [-0.05, 0) is 74.5 Å². The van der Waals surface area contributed by atoms with Crippen LogP contribution in [0.15, 0.2) is 48.5 Å². The number of carbonyl (C=O) groups excluding carboxylic acids is 3. The van der Waals surface area contributed by atoms with Crippen LogP contribution in [0.4, 0.5) is 11.4 Å². The smallest absolute Gasteiger partial charge is 0.251 e. The summed E-state index contributed by atoms with van der Waals surface area (Å²) in [6.45, 7) is 3.37. The first-order chi connectivity index (χ1) is 15.9. The van der Waals surface area contributed by atoms with Gasteiger partial charge in [-0.3, -0.25) is 19.3 Å². The van der Waals surface area contributed by atoms with Crippen LogP contribution in [0.5, 0.6) is 0 Å². The van der Waals surface area contributed by atoms with Crippen molar-refractivity contribution in [1.82, 2.24) is 10.2 Å². The number of carbonyl (C=O) groups is 3. The van der Waals surface area contributed by atoms with Gasteiger partial charge in [0, 0.05) is 54.4 Å². The molecule has 2 aromatic carbocycles. The molecule has 0 saturated carbocycles. The molecule has 174 valence electrons. The Hall–Kier alpha value is -2.90. The summed E-state index contributed by atoms with van der Waals surface area (Å²) < 4.78 is 0. The molecule has 2 heterocycles. The van der Waals surface area contributed by atoms with Gasteiger partial charge in [0.1, 0.15) is 0 Å². The van der Waals surface area contributed by atoms with E-state index in [1.165, 1.54) is 0 Å². The van der Waals surface area contributed by atoms with Crippen molar-refractivity contribution in [3.63, 3.8) is 0 Å². The first-order valence-electron chi connectivity index (χ1n) is 11.3. The van der Waals surface area contributed by atoms with Crippen molar-refractivity contribution < 1.29 is 14.4 Å². The molecule has 0 bridgehead atoms. The molecule has 2 aromatic rings. The van der Waals surface area contributed by atoms with E-state index in [1.54, 1.807) is 41.1 Å². The maximum Gasteiger partial charge on any atom is 0.251 e. The monoisotopic (exact) mass is 468 g/mol. The van der Waals surface area contributed by atoms with Crippen molar-refractivity contribution in [3.8, 4) is 0 Å². The number of likely N-dealkylation sites (N-methyl/N-ethyl adjacent to an activating group) is 1. The first-order valence-corrected chi connectivity index (χ1v) is 11.7. The summed E-state index contributed by atoms with van der Waals surface area (Å²) in [5.74, 6) is -0.0351. The largest absolute Gasteiger partial charge is 0.352 e. The summed E-state index contributed by atoms with van der Waals surface area (Å²) in [5, 5.41) is 3.49. The number of nitrogens with one attached hydrogen (secondary N) is 1. The zero-order valence-electron chi connectivity index (χ0n) is 18.8. The Kier molecular flexibility index (Phi) is 7.30. The maximum absolute atomic E-state index is 12.6. The van der Waals surface area contributed by atoms with E-state index in [0.29, 0.717) is 36.6 Å². The summed E-state index contributed by atoms with van der Waals surface area (Å²) in [7, 11) is 1.79. The molecule has 33 heavy (non-hydrogen) atoms. The third kappa shape index (κ3) is 5.72. The molecule has 0 aromatic heterocycles. The van der Waals surface area contributed by atoms with Crippen molar-refractivity contribution in [1.29, 1.82) is 0 Å². The van der Waals surface area contributed by atoms with Gasteiger partial charge in [0.25, 0.3) is 5.91 Å². The lowest BCUT2D eigenvalue weighted by Crippen LogP contribution is -2.37. The van der Waals surface area contributed by atoms with E-state index in [4.69, 9.17) is 11.6 Å². The predicted octanol–water partition coefficient (Wildman–Crippen LogP) is 3.18. The van der Waals surface area contributed by atoms with E-state index in [-0.39, 0.29) is 23.6 Å². The summed E-state index contributed by atoms with van der Waals surface area (Å²) >= 11 is 5.87. The molecule has 4 rings (SSSR count). The third-order valence-electron chi connectivity index (χ3n) is 6.34. The van der Waals surface area contributed by atoms with Crippen LogP contribution in [0.1, 0.15) is 29.6 Å². The van der Waals surface area contributed by atoms with Crippen LogP contribution in [-0.2, 0) is 9.59 Å². The Morgan fingerprint density at radius 1 is 1.06 bits per heavy atom. The molecule has 2 aliphatic heterocycles. The number of rotatable bonds is 7. The molecule has 0 radical (unpaired) electrons. The van der Waals surface area contributed by atoms with E-state index >= 15 is 0 Å². The Bertz CT molecular complexity index is 1000. The lowest BCUT2D eigenvalue weighted by molar-refractivity contribution is -0.119. The summed E-state index contributed by atoms with van der Waals surface area (Å²) in [6.07, 6.45) is 2.69. The third-order valence-corrected chi connectivity index (χ3v) is 6.60. The van der Waals surface area contributed by atoms with Gasteiger partial charge in [-0.1, -0.05) is 11.6 Å². The fourth-order valence-corrected chi connectivity index (χ4v) is 4.47. The normalized spacial score (nSPS) is 18.5. The standard InChI is InChI=1S/C25H29ClN4O3/c1-28(24(32)17-29-12-2-3-13-29)21-8-10-22(11-9-21)30-16-18(14-23(30)31)15-27-25(33)19-4-6-20(26)7-5-19/h4-11,18H,2-3,12-17H2,1H3,(H,27,33). The second kappa shape index (κ2) is 10.4. The highest BCUT2D eigenvalue weighted by Gasteiger charge is 2.31. The van der Waals surface area contributed by atoms with Crippen molar-refractivity contribution in [2.45, 2.75) is 19.3 Å². The molecule has 1 unspecified atom stereocenters. The summed E-state index contributed by atoms with van der Waals surface area (Å²) in [6, 6.07) is 14.2. The number of hydrogen-bond acceptors (Lipinski definition) is 4. The van der Waals surface area contributed by atoms with Crippen molar-refractivity contribution in [3.05, 3.63) is 59.1 Å². The van der Waals surface area contributed by atoms with Crippen molar-refractivity contribution in [2.24, 2.45) is 5.92 Å². The van der Waals surface area contributed by atoms with Crippen LogP contribution < -0.4 is 15.1 Å². The molecule has 2 saturated heterocycles. The van der Waals surface area contributed by atoms with Gasteiger partial charge in [-0.2, -0.15) is 0 Å². The lowest BCUT2D eigenvalue weighted by Gasteiger charge is -2.22. The Balaban J connectivity index is 1.30.